The molecule has 0 fully saturated rings. The van der Waals surface area contributed by atoms with Crippen molar-refractivity contribution in [1.82, 2.24) is 25.1 Å². The molecule has 4 N–H and O–H groups in total. The number of rotatable bonds is 10. The van der Waals surface area contributed by atoms with Gasteiger partial charge < -0.3 is 21.1 Å². The van der Waals surface area contributed by atoms with Crippen LogP contribution >= 0.6 is 11.6 Å². The largest absolute Gasteiger partial charge is 0.390 e. The molecule has 0 atom stereocenters. The molecule has 140 valence electrons. The molecule has 0 aliphatic heterocycles. The van der Waals surface area contributed by atoms with Crippen molar-refractivity contribution >= 4 is 34.8 Å². The second kappa shape index (κ2) is 9.85. The Morgan fingerprint density at radius 1 is 1.46 bits per heavy atom. The van der Waals surface area contributed by atoms with Gasteiger partial charge in [-0.25, -0.2) is 9.98 Å². The highest BCUT2D eigenvalue weighted by molar-refractivity contribution is 6.28. The smallest absolute Gasteiger partial charge is 0.225 e. The van der Waals surface area contributed by atoms with Crippen LogP contribution in [0.1, 0.15) is 12.6 Å². The minimum atomic E-state index is 0.108. The molecule has 0 radical (unpaired) electrons. The molecule has 2 aromatic rings. The van der Waals surface area contributed by atoms with Crippen LogP contribution in [-0.2, 0) is 17.8 Å². The molecule has 0 aliphatic rings. The molecule has 0 aromatic carbocycles. The van der Waals surface area contributed by atoms with Crippen LogP contribution < -0.4 is 16.4 Å². The van der Waals surface area contributed by atoms with Crippen LogP contribution in [0.25, 0.3) is 11.0 Å². The van der Waals surface area contributed by atoms with E-state index >= 15 is 0 Å². The van der Waals surface area contributed by atoms with Gasteiger partial charge in [0.25, 0.3) is 0 Å². The average Bonchev–Trinajstić information content (AvgIpc) is 2.94. The van der Waals surface area contributed by atoms with Crippen molar-refractivity contribution in [1.29, 1.82) is 0 Å². The molecular weight excluding hydrogens is 356 g/mol. The third-order valence-electron chi connectivity index (χ3n) is 3.36. The minimum absolute atomic E-state index is 0.108. The van der Waals surface area contributed by atoms with Crippen molar-refractivity contribution in [2.24, 2.45) is 10.7 Å². The van der Waals surface area contributed by atoms with E-state index in [1.165, 1.54) is 6.34 Å². The SMILES string of the molecule is C=C/C=C(\N=CN)Nc1nc(Cl)nc2c(CNC)nn(CCOCC)c12. The van der Waals surface area contributed by atoms with E-state index in [0.717, 1.165) is 5.69 Å². The lowest BCUT2D eigenvalue weighted by Crippen LogP contribution is -2.11. The lowest BCUT2D eigenvalue weighted by atomic mass is 10.3. The number of nitrogens with zero attached hydrogens (tertiary/aromatic N) is 5. The highest BCUT2D eigenvalue weighted by Crippen LogP contribution is 2.26. The second-order valence-electron chi connectivity index (χ2n) is 5.13. The Morgan fingerprint density at radius 3 is 2.92 bits per heavy atom. The Labute approximate surface area is 157 Å². The van der Waals surface area contributed by atoms with Gasteiger partial charge in [0.1, 0.15) is 22.5 Å². The Morgan fingerprint density at radius 2 is 2.27 bits per heavy atom. The number of nitrogens with two attached hydrogens (primary N) is 1. The summed E-state index contributed by atoms with van der Waals surface area (Å²) in [6, 6.07) is 0. The van der Waals surface area contributed by atoms with Crippen LogP contribution in [0.3, 0.4) is 0 Å². The number of hydrogen-bond acceptors (Lipinski definition) is 7. The molecule has 2 heterocycles. The van der Waals surface area contributed by atoms with Gasteiger partial charge in [-0.1, -0.05) is 12.7 Å². The van der Waals surface area contributed by atoms with Crippen molar-refractivity contribution in [2.75, 3.05) is 25.6 Å². The summed E-state index contributed by atoms with van der Waals surface area (Å²) in [6.07, 6.45) is 4.44. The Hall–Kier alpha value is -2.49. The van der Waals surface area contributed by atoms with Gasteiger partial charge in [0, 0.05) is 13.2 Å². The first-order valence-corrected chi connectivity index (χ1v) is 8.51. The zero-order valence-corrected chi connectivity index (χ0v) is 15.6. The van der Waals surface area contributed by atoms with Crippen molar-refractivity contribution < 1.29 is 4.74 Å². The molecular formula is C16H23ClN8O. The van der Waals surface area contributed by atoms with Crippen LogP contribution in [0.5, 0.6) is 0 Å². The number of aromatic nitrogens is 4. The van der Waals surface area contributed by atoms with Gasteiger partial charge in [0.15, 0.2) is 5.82 Å². The van der Waals surface area contributed by atoms with Gasteiger partial charge in [-0.15, -0.1) is 0 Å². The Bertz CT molecular complexity index is 814. The van der Waals surface area contributed by atoms with Crippen LogP contribution in [0.2, 0.25) is 5.28 Å². The van der Waals surface area contributed by atoms with Gasteiger partial charge in [-0.2, -0.15) is 10.1 Å². The first-order valence-electron chi connectivity index (χ1n) is 8.13. The topological polar surface area (TPSA) is 115 Å². The summed E-state index contributed by atoms with van der Waals surface area (Å²) in [4.78, 5) is 12.7. The number of ether oxygens (including phenoxy) is 1. The zero-order valence-electron chi connectivity index (χ0n) is 14.9. The molecule has 0 aliphatic carbocycles. The number of nitrogens with one attached hydrogen (secondary N) is 2. The maximum absolute atomic E-state index is 6.12. The molecule has 0 saturated heterocycles. The van der Waals surface area contributed by atoms with Crippen molar-refractivity contribution in [3.63, 3.8) is 0 Å². The predicted octanol–water partition coefficient (Wildman–Crippen LogP) is 1.66. The van der Waals surface area contributed by atoms with E-state index in [1.54, 1.807) is 16.8 Å². The number of aliphatic imine (C=N–C) groups is 1. The fourth-order valence-corrected chi connectivity index (χ4v) is 2.55. The zero-order chi connectivity index (χ0) is 18.9. The quantitative estimate of drug-likeness (QED) is 0.189. The number of allylic oxidation sites excluding steroid dienone is 2. The average molecular weight is 379 g/mol. The first kappa shape index (κ1) is 19.8. The molecule has 0 saturated carbocycles. The molecule has 0 unspecified atom stereocenters. The van der Waals surface area contributed by atoms with Gasteiger partial charge in [0.05, 0.1) is 19.5 Å². The van der Waals surface area contributed by atoms with E-state index < -0.39 is 0 Å². The summed E-state index contributed by atoms with van der Waals surface area (Å²) >= 11 is 6.12. The van der Waals surface area contributed by atoms with Gasteiger partial charge in [-0.3, -0.25) is 4.68 Å². The maximum Gasteiger partial charge on any atom is 0.225 e. The van der Waals surface area contributed by atoms with Crippen molar-refractivity contribution in [2.45, 2.75) is 20.0 Å². The highest BCUT2D eigenvalue weighted by atomic mass is 35.5. The molecule has 9 nitrogen and oxygen atoms in total. The number of anilines is 1. The highest BCUT2D eigenvalue weighted by Gasteiger charge is 2.18. The molecule has 0 amide bonds. The van der Waals surface area contributed by atoms with E-state index in [2.05, 4.69) is 37.3 Å². The molecule has 26 heavy (non-hydrogen) atoms. The first-order chi connectivity index (χ1) is 12.6. The standard InChI is InChI=1S/C16H23ClN8O/c1-4-6-12(20-10-18)21-15-14-13(22-16(17)23-15)11(9-19-3)24-25(14)7-8-26-5-2/h4,6,10,19H,1,5,7-9H2,2-3H3,(H2,18,20)(H,21,22,23)/b12-6+. The van der Waals surface area contributed by atoms with Gasteiger partial charge in [0.2, 0.25) is 5.28 Å². The van der Waals surface area contributed by atoms with Crippen molar-refractivity contribution in [3.05, 3.63) is 35.5 Å². The molecule has 0 bridgehead atoms. The maximum atomic E-state index is 6.12. The Kier molecular flexibility index (Phi) is 7.52. The van der Waals surface area contributed by atoms with Gasteiger partial charge in [-0.05, 0) is 31.6 Å². The second-order valence-corrected chi connectivity index (χ2v) is 5.46. The van der Waals surface area contributed by atoms with Crippen LogP contribution in [0.15, 0.2) is 29.5 Å². The normalized spacial score (nSPS) is 12.2. The van der Waals surface area contributed by atoms with E-state index in [1.807, 2.05) is 14.0 Å². The number of hydrogen-bond donors (Lipinski definition) is 3. The summed E-state index contributed by atoms with van der Waals surface area (Å²) in [7, 11) is 1.84. The number of halogens is 1. The van der Waals surface area contributed by atoms with Crippen LogP contribution in [0.4, 0.5) is 5.82 Å². The van der Waals surface area contributed by atoms with Gasteiger partial charge >= 0.3 is 0 Å². The fraction of sp³-hybridized carbons (Fsp3) is 0.375. The number of fused-ring (bicyclic) bond motifs is 1. The molecule has 10 heteroatoms. The summed E-state index contributed by atoms with van der Waals surface area (Å²) in [5.41, 5.74) is 7.54. The van der Waals surface area contributed by atoms with E-state index in [0.29, 0.717) is 49.0 Å². The molecule has 2 aromatic heterocycles. The summed E-state index contributed by atoms with van der Waals surface area (Å²) < 4.78 is 7.25. The summed E-state index contributed by atoms with van der Waals surface area (Å²) in [6.45, 7) is 7.86. The third-order valence-corrected chi connectivity index (χ3v) is 3.53. The monoisotopic (exact) mass is 378 g/mol. The fourth-order valence-electron chi connectivity index (χ4n) is 2.38. The molecule has 2 rings (SSSR count). The molecule has 0 spiro atoms. The predicted molar refractivity (Wildman–Crippen MR) is 104 cm³/mol. The lowest BCUT2D eigenvalue weighted by molar-refractivity contribution is 0.137. The van der Waals surface area contributed by atoms with Crippen molar-refractivity contribution in [3.8, 4) is 0 Å². The van der Waals surface area contributed by atoms with E-state index in [4.69, 9.17) is 22.1 Å². The van der Waals surface area contributed by atoms with E-state index in [-0.39, 0.29) is 5.28 Å². The minimum Gasteiger partial charge on any atom is -0.390 e. The summed E-state index contributed by atoms with van der Waals surface area (Å²) in [5.74, 6) is 0.941. The lowest BCUT2D eigenvalue weighted by Gasteiger charge is -2.10. The summed E-state index contributed by atoms with van der Waals surface area (Å²) in [5, 5.41) is 10.9. The van der Waals surface area contributed by atoms with Crippen LogP contribution in [0, 0.1) is 0 Å². The Balaban J connectivity index is 2.56. The third kappa shape index (κ3) is 4.78. The van der Waals surface area contributed by atoms with E-state index in [9.17, 15) is 0 Å². The van der Waals surface area contributed by atoms with Crippen LogP contribution in [-0.4, -0.2) is 46.3 Å².